The molecular weight excluding hydrogens is 488 g/mol. The number of benzene rings is 4. The summed E-state index contributed by atoms with van der Waals surface area (Å²) < 4.78 is 0. The van der Waals surface area contributed by atoms with Gasteiger partial charge in [0.1, 0.15) is 0 Å². The number of rotatable bonds is 11. The summed E-state index contributed by atoms with van der Waals surface area (Å²) in [5.41, 5.74) is 15.6. The SMILES string of the molecule is C=CC(=C)NC(=C)C.Cc1ccc(CCN/C(=C\N)c2ccc(N(c3ccccc3)c3ccccc3)cc2)cc1. The summed E-state index contributed by atoms with van der Waals surface area (Å²) in [6, 6.07) is 38.0. The van der Waals surface area contributed by atoms with Crippen LogP contribution in [0.3, 0.4) is 0 Å². The molecule has 0 saturated heterocycles. The Labute approximate surface area is 239 Å². The Kier molecular flexibility index (Phi) is 11.4. The van der Waals surface area contributed by atoms with E-state index in [-0.39, 0.29) is 0 Å². The van der Waals surface area contributed by atoms with Crippen molar-refractivity contribution in [2.24, 2.45) is 5.73 Å². The molecule has 0 spiro atoms. The molecule has 0 aliphatic carbocycles. The standard InChI is InChI=1S/C29H29N3.C7H11N/c1-23-12-14-24(15-13-23)20-21-31-29(22-30)25-16-18-28(19-17-25)32(26-8-4-2-5-9-26)27-10-6-3-7-11-27;1-5-7(4)8-6(2)3/h2-19,22,31H,20-21,30H2,1H3;5,8H,1-2,4H2,3H3/b29-22-;. The van der Waals surface area contributed by atoms with Gasteiger partial charge in [-0.05, 0) is 73.9 Å². The zero-order valence-electron chi connectivity index (χ0n) is 23.6. The van der Waals surface area contributed by atoms with E-state index in [2.05, 4.69) is 139 Å². The Balaban J connectivity index is 0.000000482. The van der Waals surface area contributed by atoms with Gasteiger partial charge < -0.3 is 21.3 Å². The molecule has 0 aliphatic rings. The van der Waals surface area contributed by atoms with Crippen molar-refractivity contribution < 1.29 is 0 Å². The fraction of sp³-hybridized carbons (Fsp3) is 0.111. The molecule has 204 valence electrons. The van der Waals surface area contributed by atoms with Crippen LogP contribution < -0.4 is 21.3 Å². The number of para-hydroxylation sites is 2. The maximum absolute atomic E-state index is 5.95. The van der Waals surface area contributed by atoms with E-state index >= 15 is 0 Å². The first-order chi connectivity index (χ1) is 19.4. The van der Waals surface area contributed by atoms with Crippen LogP contribution in [0.15, 0.2) is 153 Å². The normalized spacial score (nSPS) is 10.5. The smallest absolute Gasteiger partial charge is 0.0571 e. The minimum absolute atomic E-state index is 0.789. The van der Waals surface area contributed by atoms with Crippen LogP contribution in [-0.4, -0.2) is 6.54 Å². The monoisotopic (exact) mass is 528 g/mol. The van der Waals surface area contributed by atoms with Gasteiger partial charge in [0, 0.05) is 41.2 Å². The molecule has 0 aliphatic heterocycles. The van der Waals surface area contributed by atoms with Gasteiger partial charge in [-0.25, -0.2) is 0 Å². The molecule has 4 aromatic rings. The van der Waals surface area contributed by atoms with Crippen LogP contribution in [-0.2, 0) is 6.42 Å². The molecule has 0 aromatic heterocycles. The number of nitrogens with zero attached hydrogens (tertiary/aromatic N) is 1. The number of nitrogens with one attached hydrogen (secondary N) is 2. The molecule has 4 heteroatoms. The molecule has 0 atom stereocenters. The summed E-state index contributed by atoms with van der Waals surface area (Å²) in [6.07, 6.45) is 4.25. The first-order valence-electron chi connectivity index (χ1n) is 13.4. The maximum Gasteiger partial charge on any atom is 0.0571 e. The quantitative estimate of drug-likeness (QED) is 0.171. The van der Waals surface area contributed by atoms with Crippen molar-refractivity contribution in [1.29, 1.82) is 0 Å². The van der Waals surface area contributed by atoms with Gasteiger partial charge in [0.05, 0.1) is 5.70 Å². The lowest BCUT2D eigenvalue weighted by Gasteiger charge is -2.25. The summed E-state index contributed by atoms with van der Waals surface area (Å²) >= 11 is 0. The zero-order chi connectivity index (χ0) is 28.7. The van der Waals surface area contributed by atoms with E-state index < -0.39 is 0 Å². The summed E-state index contributed by atoms with van der Waals surface area (Å²) in [4.78, 5) is 2.25. The van der Waals surface area contributed by atoms with Crippen LogP contribution in [0, 0.1) is 6.92 Å². The number of hydrogen-bond acceptors (Lipinski definition) is 4. The van der Waals surface area contributed by atoms with Crippen molar-refractivity contribution in [3.63, 3.8) is 0 Å². The molecule has 4 aromatic carbocycles. The van der Waals surface area contributed by atoms with E-state index in [1.807, 2.05) is 19.1 Å². The van der Waals surface area contributed by atoms with Gasteiger partial charge in [-0.1, -0.05) is 98.1 Å². The predicted octanol–water partition coefficient (Wildman–Crippen LogP) is 8.36. The zero-order valence-corrected chi connectivity index (χ0v) is 23.6. The lowest BCUT2D eigenvalue weighted by atomic mass is 10.1. The molecule has 0 radical (unpaired) electrons. The summed E-state index contributed by atoms with van der Waals surface area (Å²) in [7, 11) is 0. The van der Waals surface area contributed by atoms with Crippen LogP contribution in [0.2, 0.25) is 0 Å². The minimum atomic E-state index is 0.789. The van der Waals surface area contributed by atoms with E-state index in [1.165, 1.54) is 11.1 Å². The molecular formula is C36H40N4. The highest BCUT2D eigenvalue weighted by atomic mass is 15.1. The first-order valence-corrected chi connectivity index (χ1v) is 13.4. The molecule has 0 bridgehead atoms. The van der Waals surface area contributed by atoms with Gasteiger partial charge in [-0.15, -0.1) is 0 Å². The second-order valence-electron chi connectivity index (χ2n) is 9.43. The van der Waals surface area contributed by atoms with E-state index in [9.17, 15) is 0 Å². The van der Waals surface area contributed by atoms with Crippen molar-refractivity contribution in [2.45, 2.75) is 20.3 Å². The number of hydrogen-bond donors (Lipinski definition) is 3. The first kappa shape index (κ1) is 29.6. The van der Waals surface area contributed by atoms with Crippen molar-refractivity contribution >= 4 is 22.8 Å². The molecule has 0 saturated carbocycles. The predicted molar refractivity (Wildman–Crippen MR) is 173 cm³/mol. The Hall–Kier alpha value is -4.96. The van der Waals surface area contributed by atoms with Crippen LogP contribution >= 0.6 is 0 Å². The van der Waals surface area contributed by atoms with Gasteiger partial charge in [-0.3, -0.25) is 0 Å². The van der Waals surface area contributed by atoms with Crippen molar-refractivity contribution in [2.75, 3.05) is 11.4 Å². The van der Waals surface area contributed by atoms with Crippen molar-refractivity contribution in [1.82, 2.24) is 10.6 Å². The maximum atomic E-state index is 5.95. The second-order valence-corrected chi connectivity index (χ2v) is 9.43. The van der Waals surface area contributed by atoms with E-state index in [1.54, 1.807) is 12.3 Å². The summed E-state index contributed by atoms with van der Waals surface area (Å²) in [6.45, 7) is 15.6. The Morgan fingerprint density at radius 2 is 1.30 bits per heavy atom. The third kappa shape index (κ3) is 9.10. The fourth-order valence-corrected chi connectivity index (χ4v) is 4.07. The van der Waals surface area contributed by atoms with Gasteiger partial charge in [-0.2, -0.15) is 0 Å². The van der Waals surface area contributed by atoms with Crippen LogP contribution in [0.4, 0.5) is 17.1 Å². The number of nitrogens with two attached hydrogens (primary N) is 1. The highest BCUT2D eigenvalue weighted by Crippen LogP contribution is 2.34. The average molecular weight is 529 g/mol. The fourth-order valence-electron chi connectivity index (χ4n) is 4.07. The molecule has 0 fully saturated rings. The van der Waals surface area contributed by atoms with Gasteiger partial charge in [0.15, 0.2) is 0 Å². The molecule has 4 rings (SSSR count). The van der Waals surface area contributed by atoms with Crippen LogP contribution in [0.1, 0.15) is 23.6 Å². The van der Waals surface area contributed by atoms with Crippen LogP contribution in [0.25, 0.3) is 5.70 Å². The lowest BCUT2D eigenvalue weighted by molar-refractivity contribution is 0.846. The molecule has 0 amide bonds. The van der Waals surface area contributed by atoms with E-state index in [4.69, 9.17) is 5.73 Å². The van der Waals surface area contributed by atoms with Crippen molar-refractivity contribution in [3.8, 4) is 0 Å². The Morgan fingerprint density at radius 3 is 1.75 bits per heavy atom. The summed E-state index contributed by atoms with van der Waals surface area (Å²) in [5, 5.41) is 6.37. The largest absolute Gasteiger partial charge is 0.403 e. The van der Waals surface area contributed by atoms with Gasteiger partial charge >= 0.3 is 0 Å². The summed E-state index contributed by atoms with van der Waals surface area (Å²) in [5.74, 6) is 0. The third-order valence-corrected chi connectivity index (χ3v) is 6.10. The molecule has 4 nitrogen and oxygen atoms in total. The topological polar surface area (TPSA) is 53.3 Å². The molecule has 0 unspecified atom stereocenters. The van der Waals surface area contributed by atoms with Crippen molar-refractivity contribution in [3.05, 3.63) is 169 Å². The molecule has 0 heterocycles. The third-order valence-electron chi connectivity index (χ3n) is 6.10. The second kappa shape index (κ2) is 15.5. The number of anilines is 3. The Morgan fingerprint density at radius 1 is 0.775 bits per heavy atom. The van der Waals surface area contributed by atoms with Gasteiger partial charge in [0.25, 0.3) is 0 Å². The highest BCUT2D eigenvalue weighted by Gasteiger charge is 2.12. The minimum Gasteiger partial charge on any atom is -0.403 e. The number of allylic oxidation sites excluding steroid dienone is 2. The molecule has 40 heavy (non-hydrogen) atoms. The van der Waals surface area contributed by atoms with E-state index in [0.717, 1.165) is 52.7 Å². The number of aryl methyl sites for hydroxylation is 1. The lowest BCUT2D eigenvalue weighted by Crippen LogP contribution is -2.17. The average Bonchev–Trinajstić information content (AvgIpc) is 2.98. The molecule has 4 N–H and O–H groups in total. The van der Waals surface area contributed by atoms with E-state index in [0.29, 0.717) is 0 Å². The van der Waals surface area contributed by atoms with Crippen LogP contribution in [0.5, 0.6) is 0 Å². The highest BCUT2D eigenvalue weighted by molar-refractivity contribution is 5.77. The Bertz CT molecular complexity index is 1350. The van der Waals surface area contributed by atoms with Gasteiger partial charge in [0.2, 0.25) is 0 Å².